The van der Waals surface area contributed by atoms with Gasteiger partial charge in [0.25, 0.3) is 0 Å². The van der Waals surface area contributed by atoms with Crippen molar-refractivity contribution in [1.82, 2.24) is 9.62 Å². The number of rotatable bonds is 7. The van der Waals surface area contributed by atoms with E-state index in [1.54, 1.807) is 17.8 Å². The van der Waals surface area contributed by atoms with Gasteiger partial charge in [0.15, 0.2) is 0 Å². The standard InChI is InChI=1S/C16H22Cl2N2O3S2/c1-25(22,23)20-7-2-3-13(10-20)16(21)19-6-8-24-11-12-4-5-14(17)15(18)9-12/h4-5,9,13H,2-3,6-8,10-11H2,1H3,(H,19,21)/t13-/m1/s1. The molecule has 1 atom stereocenters. The Labute approximate surface area is 163 Å². The molecule has 1 aromatic rings. The van der Waals surface area contributed by atoms with Crippen LogP contribution in [0.25, 0.3) is 0 Å². The smallest absolute Gasteiger partial charge is 0.224 e. The fourth-order valence-electron chi connectivity index (χ4n) is 2.67. The molecule has 9 heteroatoms. The largest absolute Gasteiger partial charge is 0.355 e. The van der Waals surface area contributed by atoms with Gasteiger partial charge >= 0.3 is 0 Å². The molecule has 0 radical (unpaired) electrons. The average Bonchev–Trinajstić information content (AvgIpc) is 2.57. The van der Waals surface area contributed by atoms with Crippen LogP contribution in [0.2, 0.25) is 10.0 Å². The lowest BCUT2D eigenvalue weighted by Crippen LogP contribution is -2.45. The van der Waals surface area contributed by atoms with E-state index in [9.17, 15) is 13.2 Å². The molecule has 1 amide bonds. The van der Waals surface area contributed by atoms with Gasteiger partial charge in [0.05, 0.1) is 22.2 Å². The highest BCUT2D eigenvalue weighted by atomic mass is 35.5. The number of nitrogens with zero attached hydrogens (tertiary/aromatic N) is 1. The third-order valence-electron chi connectivity index (χ3n) is 4.02. The van der Waals surface area contributed by atoms with Gasteiger partial charge in [-0.2, -0.15) is 11.8 Å². The molecule has 0 aliphatic carbocycles. The maximum atomic E-state index is 12.2. The van der Waals surface area contributed by atoms with E-state index in [2.05, 4.69) is 5.32 Å². The van der Waals surface area contributed by atoms with Gasteiger partial charge in [0.1, 0.15) is 0 Å². The number of thioether (sulfide) groups is 1. The molecule has 2 rings (SSSR count). The number of hydrogen-bond acceptors (Lipinski definition) is 4. The fourth-order valence-corrected chi connectivity index (χ4v) is 4.71. The molecule has 0 spiro atoms. The zero-order chi connectivity index (χ0) is 18.4. The first-order chi connectivity index (χ1) is 11.8. The summed E-state index contributed by atoms with van der Waals surface area (Å²) in [6.07, 6.45) is 2.64. The predicted molar refractivity (Wildman–Crippen MR) is 105 cm³/mol. The first-order valence-electron chi connectivity index (χ1n) is 8.02. The summed E-state index contributed by atoms with van der Waals surface area (Å²) in [5, 5.41) is 3.99. The van der Waals surface area contributed by atoms with Gasteiger partial charge in [-0.05, 0) is 30.5 Å². The molecule has 1 aliphatic rings. The molecule has 1 saturated heterocycles. The minimum Gasteiger partial charge on any atom is -0.355 e. The number of piperidine rings is 1. The molecule has 25 heavy (non-hydrogen) atoms. The summed E-state index contributed by atoms with van der Waals surface area (Å²) >= 11 is 13.6. The van der Waals surface area contributed by atoms with Crippen molar-refractivity contribution < 1.29 is 13.2 Å². The summed E-state index contributed by atoms with van der Waals surface area (Å²) in [6.45, 7) is 1.34. The summed E-state index contributed by atoms with van der Waals surface area (Å²) in [4.78, 5) is 12.2. The lowest BCUT2D eigenvalue weighted by atomic mass is 9.99. The van der Waals surface area contributed by atoms with Crippen LogP contribution in [-0.4, -0.2) is 50.3 Å². The Morgan fingerprint density at radius 1 is 1.36 bits per heavy atom. The van der Waals surface area contributed by atoms with Gasteiger partial charge in [0, 0.05) is 31.1 Å². The fraction of sp³-hybridized carbons (Fsp3) is 0.562. The summed E-state index contributed by atoms with van der Waals surface area (Å²) < 4.78 is 24.6. The Hall–Kier alpha value is -0.470. The molecule has 140 valence electrons. The summed E-state index contributed by atoms with van der Waals surface area (Å²) in [5.41, 5.74) is 1.09. The number of hydrogen-bond donors (Lipinski definition) is 1. The van der Waals surface area contributed by atoms with Crippen molar-refractivity contribution in [3.05, 3.63) is 33.8 Å². The van der Waals surface area contributed by atoms with Crippen molar-refractivity contribution >= 4 is 50.9 Å². The van der Waals surface area contributed by atoms with Crippen LogP contribution in [-0.2, 0) is 20.6 Å². The zero-order valence-corrected chi connectivity index (χ0v) is 17.1. The quantitative estimate of drug-likeness (QED) is 0.682. The van der Waals surface area contributed by atoms with Gasteiger partial charge in [-0.1, -0.05) is 29.3 Å². The second kappa shape index (κ2) is 9.46. The van der Waals surface area contributed by atoms with Gasteiger partial charge in [-0.3, -0.25) is 4.79 Å². The van der Waals surface area contributed by atoms with Crippen molar-refractivity contribution in [3.63, 3.8) is 0 Å². The highest BCUT2D eigenvalue weighted by Gasteiger charge is 2.29. The van der Waals surface area contributed by atoms with Gasteiger partial charge in [0.2, 0.25) is 15.9 Å². The van der Waals surface area contributed by atoms with Crippen LogP contribution >= 0.6 is 35.0 Å². The molecule has 1 aromatic carbocycles. The van der Waals surface area contributed by atoms with E-state index < -0.39 is 10.0 Å². The molecule has 0 saturated carbocycles. The Kier molecular flexibility index (Phi) is 7.89. The molecule has 0 bridgehead atoms. The second-order valence-corrected chi connectivity index (χ2v) is 9.95. The van der Waals surface area contributed by atoms with Crippen molar-refractivity contribution in [2.45, 2.75) is 18.6 Å². The van der Waals surface area contributed by atoms with Gasteiger partial charge in [-0.25, -0.2) is 12.7 Å². The van der Waals surface area contributed by atoms with E-state index in [0.29, 0.717) is 23.1 Å². The monoisotopic (exact) mass is 424 g/mol. The molecule has 5 nitrogen and oxygen atoms in total. The first kappa shape index (κ1) is 20.8. The highest BCUT2D eigenvalue weighted by molar-refractivity contribution is 7.98. The van der Waals surface area contributed by atoms with Crippen LogP contribution in [0.5, 0.6) is 0 Å². The first-order valence-corrected chi connectivity index (χ1v) is 11.8. The Bertz CT molecular complexity index is 713. The Morgan fingerprint density at radius 3 is 2.80 bits per heavy atom. The van der Waals surface area contributed by atoms with E-state index in [1.807, 2.05) is 12.1 Å². The maximum absolute atomic E-state index is 12.2. The third kappa shape index (κ3) is 6.64. The third-order valence-corrected chi connectivity index (χ3v) is 7.06. The van der Waals surface area contributed by atoms with Crippen molar-refractivity contribution in [1.29, 1.82) is 0 Å². The number of amides is 1. The van der Waals surface area contributed by atoms with Crippen molar-refractivity contribution in [3.8, 4) is 0 Å². The summed E-state index contributed by atoms with van der Waals surface area (Å²) in [6, 6.07) is 5.55. The molecule has 1 fully saturated rings. The van der Waals surface area contributed by atoms with Crippen LogP contribution < -0.4 is 5.32 Å². The van der Waals surface area contributed by atoms with Crippen LogP contribution in [0.4, 0.5) is 0 Å². The lowest BCUT2D eigenvalue weighted by Gasteiger charge is -2.30. The van der Waals surface area contributed by atoms with Crippen LogP contribution in [0, 0.1) is 5.92 Å². The molecule has 1 heterocycles. The number of carbonyl (C=O) groups is 1. The summed E-state index contributed by atoms with van der Waals surface area (Å²) in [7, 11) is -3.23. The number of halogens is 2. The van der Waals surface area contributed by atoms with E-state index in [0.717, 1.165) is 29.9 Å². The zero-order valence-electron chi connectivity index (χ0n) is 14.0. The summed E-state index contributed by atoms with van der Waals surface area (Å²) in [5.74, 6) is 1.24. The number of sulfonamides is 1. The van der Waals surface area contributed by atoms with Crippen molar-refractivity contribution in [2.24, 2.45) is 5.92 Å². The van der Waals surface area contributed by atoms with Crippen LogP contribution in [0.1, 0.15) is 18.4 Å². The van der Waals surface area contributed by atoms with Crippen molar-refractivity contribution in [2.75, 3.05) is 31.6 Å². The lowest BCUT2D eigenvalue weighted by molar-refractivity contribution is -0.125. The Balaban J connectivity index is 1.69. The normalized spacial score (nSPS) is 18.9. The SMILES string of the molecule is CS(=O)(=O)N1CCC[C@@H](C(=O)NCCSCc2ccc(Cl)c(Cl)c2)C1. The number of nitrogens with one attached hydrogen (secondary N) is 1. The molecular weight excluding hydrogens is 403 g/mol. The molecule has 0 aromatic heterocycles. The molecule has 1 aliphatic heterocycles. The number of benzene rings is 1. The molecule has 0 unspecified atom stereocenters. The van der Waals surface area contributed by atoms with Gasteiger partial charge in [-0.15, -0.1) is 0 Å². The highest BCUT2D eigenvalue weighted by Crippen LogP contribution is 2.24. The minimum atomic E-state index is -3.23. The molecule has 1 N–H and O–H groups in total. The van der Waals surface area contributed by atoms with Crippen LogP contribution in [0.15, 0.2) is 18.2 Å². The average molecular weight is 425 g/mol. The van der Waals surface area contributed by atoms with E-state index >= 15 is 0 Å². The second-order valence-electron chi connectivity index (χ2n) is 6.05. The predicted octanol–water partition coefficient (Wildman–Crippen LogP) is 3.01. The Morgan fingerprint density at radius 2 is 2.12 bits per heavy atom. The topological polar surface area (TPSA) is 66.5 Å². The van der Waals surface area contributed by atoms with Gasteiger partial charge < -0.3 is 5.32 Å². The minimum absolute atomic E-state index is 0.0662. The van der Waals surface area contributed by atoms with Crippen LogP contribution in [0.3, 0.4) is 0 Å². The van der Waals surface area contributed by atoms with E-state index in [4.69, 9.17) is 23.2 Å². The number of carbonyl (C=O) groups excluding carboxylic acids is 1. The van der Waals surface area contributed by atoms with E-state index in [-0.39, 0.29) is 18.4 Å². The molecular formula is C16H22Cl2N2O3S2. The maximum Gasteiger partial charge on any atom is 0.224 e. The van der Waals surface area contributed by atoms with E-state index in [1.165, 1.54) is 10.6 Å².